The van der Waals surface area contributed by atoms with Crippen molar-refractivity contribution in [3.05, 3.63) is 45.6 Å². The molecule has 0 N–H and O–H groups in total. The van der Waals surface area contributed by atoms with Gasteiger partial charge in [-0.15, -0.1) is 11.3 Å². The van der Waals surface area contributed by atoms with Crippen molar-refractivity contribution in [1.82, 2.24) is 4.57 Å². The van der Waals surface area contributed by atoms with Crippen LogP contribution in [-0.4, -0.2) is 10.9 Å². The zero-order valence-electron chi connectivity index (χ0n) is 11.1. The second-order valence-corrected chi connectivity index (χ2v) is 5.86. The first kappa shape index (κ1) is 13.7. The molecule has 0 aliphatic heterocycles. The predicted octanol–water partition coefficient (Wildman–Crippen LogP) is 3.44. The molecular weight excluding hydrogens is 258 g/mol. The quantitative estimate of drug-likeness (QED) is 0.784. The second-order valence-electron chi connectivity index (χ2n) is 4.91. The van der Waals surface area contributed by atoms with Gasteiger partial charge in [-0.25, -0.2) is 0 Å². The van der Waals surface area contributed by atoms with Gasteiger partial charge in [0.05, 0.1) is 16.1 Å². The molecule has 0 saturated carbocycles. The van der Waals surface area contributed by atoms with Crippen LogP contribution in [0.2, 0.25) is 0 Å². The van der Waals surface area contributed by atoms with Gasteiger partial charge in [0.1, 0.15) is 0 Å². The fourth-order valence-electron chi connectivity index (χ4n) is 1.93. The van der Waals surface area contributed by atoms with Crippen molar-refractivity contribution in [3.63, 3.8) is 0 Å². The minimum Gasteiger partial charge on any atom is -0.307 e. The van der Waals surface area contributed by atoms with Crippen molar-refractivity contribution < 1.29 is 4.79 Å². The molecule has 100 valence electrons. The van der Waals surface area contributed by atoms with Crippen LogP contribution in [0.3, 0.4) is 0 Å². The number of aldehydes is 1. The molecule has 0 aliphatic carbocycles. The Bertz CT molecular complexity index is 612. The summed E-state index contributed by atoms with van der Waals surface area (Å²) in [6.07, 6.45) is 1.55. The fourth-order valence-corrected chi connectivity index (χ4v) is 2.69. The van der Waals surface area contributed by atoms with Crippen LogP contribution in [0.4, 0.5) is 0 Å². The number of hydrogen-bond donors (Lipinski definition) is 0. The molecule has 2 heterocycles. The average molecular weight is 275 g/mol. The summed E-state index contributed by atoms with van der Waals surface area (Å²) >= 11 is 1.60. The molecule has 0 bridgehead atoms. The molecule has 0 saturated heterocycles. The van der Waals surface area contributed by atoms with Gasteiger partial charge in [-0.3, -0.25) is 9.59 Å². The smallest absolute Gasteiger partial charge is 0.261 e. The van der Waals surface area contributed by atoms with Gasteiger partial charge in [-0.05, 0) is 35.9 Å². The lowest BCUT2D eigenvalue weighted by Crippen LogP contribution is -2.25. The lowest BCUT2D eigenvalue weighted by molar-refractivity contribution is 0.112. The number of thiophene rings is 1. The minimum absolute atomic E-state index is 0.193. The van der Waals surface area contributed by atoms with E-state index in [2.05, 4.69) is 13.8 Å². The van der Waals surface area contributed by atoms with E-state index in [4.69, 9.17) is 0 Å². The summed E-state index contributed by atoms with van der Waals surface area (Å²) in [7, 11) is 0. The van der Waals surface area contributed by atoms with Gasteiger partial charge in [0.25, 0.3) is 5.56 Å². The molecule has 0 radical (unpaired) electrons. The van der Waals surface area contributed by atoms with Crippen molar-refractivity contribution >= 4 is 17.6 Å². The van der Waals surface area contributed by atoms with Crippen LogP contribution in [-0.2, 0) is 6.54 Å². The molecule has 0 aliphatic rings. The largest absolute Gasteiger partial charge is 0.307 e. The van der Waals surface area contributed by atoms with E-state index in [-0.39, 0.29) is 11.1 Å². The standard InChI is InChI=1S/C15H17NO2S/c1-11(2)7-8-16-13(14-4-3-9-19-14)6-5-12(10-17)15(16)18/h3-6,9-11H,7-8H2,1-2H3. The van der Waals surface area contributed by atoms with Crippen molar-refractivity contribution in [2.45, 2.75) is 26.8 Å². The second kappa shape index (κ2) is 5.97. The monoisotopic (exact) mass is 275 g/mol. The summed E-state index contributed by atoms with van der Waals surface area (Å²) in [6, 6.07) is 7.42. The molecular formula is C15H17NO2S. The zero-order valence-corrected chi connectivity index (χ0v) is 11.9. The Morgan fingerprint density at radius 2 is 2.11 bits per heavy atom. The Labute approximate surface area is 116 Å². The Balaban J connectivity index is 2.51. The van der Waals surface area contributed by atoms with Crippen LogP contribution in [0.1, 0.15) is 30.6 Å². The maximum absolute atomic E-state index is 12.3. The fraction of sp³-hybridized carbons (Fsp3) is 0.333. The van der Waals surface area contributed by atoms with Crippen LogP contribution < -0.4 is 5.56 Å². The molecule has 0 spiro atoms. The molecule has 3 nitrogen and oxygen atoms in total. The van der Waals surface area contributed by atoms with Gasteiger partial charge in [-0.1, -0.05) is 19.9 Å². The van der Waals surface area contributed by atoms with Gasteiger partial charge in [0, 0.05) is 6.54 Å². The molecule has 2 aromatic heterocycles. The highest BCUT2D eigenvalue weighted by Crippen LogP contribution is 2.24. The first-order valence-corrected chi connectivity index (χ1v) is 7.24. The van der Waals surface area contributed by atoms with Crippen molar-refractivity contribution in [3.8, 4) is 10.6 Å². The molecule has 2 aromatic rings. The van der Waals surface area contributed by atoms with Crippen LogP contribution >= 0.6 is 11.3 Å². The number of pyridine rings is 1. The lowest BCUT2D eigenvalue weighted by atomic mass is 10.1. The number of rotatable bonds is 5. The molecule has 0 fully saturated rings. The Morgan fingerprint density at radius 1 is 1.32 bits per heavy atom. The van der Waals surface area contributed by atoms with Gasteiger partial charge < -0.3 is 4.57 Å². The van der Waals surface area contributed by atoms with E-state index in [9.17, 15) is 9.59 Å². The highest BCUT2D eigenvalue weighted by molar-refractivity contribution is 7.13. The van der Waals surface area contributed by atoms with E-state index in [1.807, 2.05) is 23.6 Å². The highest BCUT2D eigenvalue weighted by Gasteiger charge is 2.11. The molecule has 0 aromatic carbocycles. The summed E-state index contributed by atoms with van der Waals surface area (Å²) in [5, 5.41) is 1.99. The molecule has 0 amide bonds. The molecule has 0 unspecified atom stereocenters. The molecule has 19 heavy (non-hydrogen) atoms. The number of carbonyl (C=O) groups is 1. The molecule has 2 rings (SSSR count). The van der Waals surface area contributed by atoms with Crippen LogP contribution in [0.5, 0.6) is 0 Å². The SMILES string of the molecule is CC(C)CCn1c(-c2cccs2)ccc(C=O)c1=O. The average Bonchev–Trinajstić information content (AvgIpc) is 2.90. The van der Waals surface area contributed by atoms with Crippen LogP contribution in [0.25, 0.3) is 10.6 Å². The van der Waals surface area contributed by atoms with Crippen LogP contribution in [0, 0.1) is 5.92 Å². The van der Waals surface area contributed by atoms with E-state index >= 15 is 0 Å². The van der Waals surface area contributed by atoms with E-state index in [1.54, 1.807) is 22.0 Å². The van der Waals surface area contributed by atoms with E-state index in [1.165, 1.54) is 0 Å². The van der Waals surface area contributed by atoms with Crippen molar-refractivity contribution in [2.24, 2.45) is 5.92 Å². The van der Waals surface area contributed by atoms with E-state index < -0.39 is 0 Å². The number of aromatic nitrogens is 1. The van der Waals surface area contributed by atoms with Crippen LogP contribution in [0.15, 0.2) is 34.4 Å². The van der Waals surface area contributed by atoms with E-state index in [0.29, 0.717) is 18.7 Å². The Kier molecular flexibility index (Phi) is 4.32. The topological polar surface area (TPSA) is 39.1 Å². The third kappa shape index (κ3) is 3.01. The summed E-state index contributed by atoms with van der Waals surface area (Å²) in [5.74, 6) is 0.517. The third-order valence-electron chi connectivity index (χ3n) is 3.03. The summed E-state index contributed by atoms with van der Waals surface area (Å²) < 4.78 is 1.72. The third-order valence-corrected chi connectivity index (χ3v) is 3.93. The summed E-state index contributed by atoms with van der Waals surface area (Å²) in [4.78, 5) is 24.2. The Hall–Kier alpha value is -1.68. The molecule has 0 atom stereocenters. The number of nitrogens with zero attached hydrogens (tertiary/aromatic N) is 1. The molecule has 4 heteroatoms. The zero-order chi connectivity index (χ0) is 13.8. The maximum Gasteiger partial charge on any atom is 0.261 e. The summed E-state index contributed by atoms with van der Waals surface area (Å²) in [6.45, 7) is 4.89. The Morgan fingerprint density at radius 3 is 2.68 bits per heavy atom. The van der Waals surface area contributed by atoms with Crippen molar-refractivity contribution in [2.75, 3.05) is 0 Å². The summed E-state index contributed by atoms with van der Waals surface area (Å²) in [5.41, 5.74) is 0.928. The first-order valence-electron chi connectivity index (χ1n) is 6.36. The maximum atomic E-state index is 12.3. The van der Waals surface area contributed by atoms with Gasteiger partial charge >= 0.3 is 0 Å². The van der Waals surface area contributed by atoms with Gasteiger partial charge in [-0.2, -0.15) is 0 Å². The normalized spacial score (nSPS) is 10.9. The highest BCUT2D eigenvalue weighted by atomic mass is 32.1. The predicted molar refractivity (Wildman–Crippen MR) is 78.9 cm³/mol. The van der Waals surface area contributed by atoms with Crippen molar-refractivity contribution in [1.29, 1.82) is 0 Å². The van der Waals surface area contributed by atoms with Gasteiger partial charge in [0.2, 0.25) is 0 Å². The lowest BCUT2D eigenvalue weighted by Gasteiger charge is -2.13. The minimum atomic E-state index is -0.193. The van der Waals surface area contributed by atoms with Gasteiger partial charge in [0.15, 0.2) is 6.29 Å². The number of hydrogen-bond acceptors (Lipinski definition) is 3. The first-order chi connectivity index (χ1) is 9.13. The number of carbonyl (C=O) groups excluding carboxylic acids is 1. The van der Waals surface area contributed by atoms with E-state index in [0.717, 1.165) is 17.0 Å².